The molecular weight excluding hydrogens is 242 g/mol. The van der Waals surface area contributed by atoms with Crippen molar-refractivity contribution in [3.63, 3.8) is 0 Å². The lowest BCUT2D eigenvalue weighted by atomic mass is 10.1. The van der Waals surface area contributed by atoms with Gasteiger partial charge in [0.1, 0.15) is 5.69 Å². The molecule has 0 N–H and O–H groups in total. The van der Waals surface area contributed by atoms with E-state index in [9.17, 15) is 0 Å². The molecule has 0 aliphatic carbocycles. The third-order valence-electron chi connectivity index (χ3n) is 2.95. The van der Waals surface area contributed by atoms with Crippen LogP contribution in [0.2, 0.25) is 0 Å². The fourth-order valence-electron chi connectivity index (χ4n) is 1.92. The lowest BCUT2D eigenvalue weighted by Crippen LogP contribution is -2.03. The molecule has 0 aliphatic heterocycles. The third kappa shape index (κ3) is 2.55. The summed E-state index contributed by atoms with van der Waals surface area (Å²) in [6, 6.07) is 8.45. The van der Waals surface area contributed by atoms with Crippen LogP contribution >= 0.6 is 12.2 Å². The first-order chi connectivity index (χ1) is 8.61. The summed E-state index contributed by atoms with van der Waals surface area (Å²) < 4.78 is 1.95. The second kappa shape index (κ2) is 5.25. The summed E-state index contributed by atoms with van der Waals surface area (Å²) in [4.78, 5) is 4.06. The highest BCUT2D eigenvalue weighted by atomic mass is 32.1. The van der Waals surface area contributed by atoms with Crippen molar-refractivity contribution in [1.29, 1.82) is 0 Å². The SMILES string of the molecule is Cc1ccc(Cn2nc(C)c(N=C=S)c2C)cc1. The molecule has 0 unspecified atom stereocenters. The van der Waals surface area contributed by atoms with E-state index in [2.05, 4.69) is 58.7 Å². The Balaban J connectivity index is 2.32. The first-order valence-corrected chi connectivity index (χ1v) is 6.20. The quantitative estimate of drug-likeness (QED) is 0.621. The maximum atomic E-state index is 4.65. The minimum atomic E-state index is 0.750. The van der Waals surface area contributed by atoms with Crippen LogP contribution < -0.4 is 0 Å². The highest BCUT2D eigenvalue weighted by Crippen LogP contribution is 2.23. The normalized spacial score (nSPS) is 10.2. The highest BCUT2D eigenvalue weighted by molar-refractivity contribution is 7.78. The van der Waals surface area contributed by atoms with Crippen molar-refractivity contribution in [1.82, 2.24) is 9.78 Å². The summed E-state index contributed by atoms with van der Waals surface area (Å²) in [6.45, 7) is 6.77. The first-order valence-electron chi connectivity index (χ1n) is 5.79. The fourth-order valence-corrected chi connectivity index (χ4v) is 2.01. The minimum Gasteiger partial charge on any atom is -0.263 e. The molecule has 92 valence electrons. The molecule has 0 aliphatic rings. The molecule has 0 amide bonds. The van der Waals surface area contributed by atoms with E-state index in [4.69, 9.17) is 0 Å². The summed E-state index contributed by atoms with van der Waals surface area (Å²) in [6.07, 6.45) is 0. The number of aryl methyl sites for hydroxylation is 2. The van der Waals surface area contributed by atoms with Gasteiger partial charge in [-0.2, -0.15) is 10.1 Å². The number of thiocarbonyl (C=S) groups is 1. The van der Waals surface area contributed by atoms with Crippen LogP contribution in [0.4, 0.5) is 5.69 Å². The first kappa shape index (κ1) is 12.7. The van der Waals surface area contributed by atoms with Gasteiger partial charge in [0.05, 0.1) is 23.1 Å². The molecule has 1 heterocycles. The minimum absolute atomic E-state index is 0.750. The predicted molar refractivity (Wildman–Crippen MR) is 76.7 cm³/mol. The molecular formula is C14H15N3S. The van der Waals surface area contributed by atoms with Crippen LogP contribution in [-0.4, -0.2) is 14.9 Å². The largest absolute Gasteiger partial charge is 0.263 e. The van der Waals surface area contributed by atoms with Crippen LogP contribution in [0, 0.1) is 20.8 Å². The highest BCUT2D eigenvalue weighted by Gasteiger charge is 2.10. The van der Waals surface area contributed by atoms with Crippen LogP contribution in [0.25, 0.3) is 0 Å². The maximum Gasteiger partial charge on any atom is 0.118 e. The Morgan fingerprint density at radius 2 is 1.89 bits per heavy atom. The summed E-state index contributed by atoms with van der Waals surface area (Å²) in [5, 5.41) is 6.89. The number of aromatic nitrogens is 2. The lowest BCUT2D eigenvalue weighted by molar-refractivity contribution is 0.659. The maximum absolute atomic E-state index is 4.65. The molecule has 3 nitrogen and oxygen atoms in total. The molecule has 0 radical (unpaired) electrons. The van der Waals surface area contributed by atoms with E-state index in [1.54, 1.807) is 0 Å². The second-order valence-corrected chi connectivity index (χ2v) is 4.55. The Morgan fingerprint density at radius 3 is 2.50 bits per heavy atom. The molecule has 0 fully saturated rings. The summed E-state index contributed by atoms with van der Waals surface area (Å²) in [5.74, 6) is 0. The summed E-state index contributed by atoms with van der Waals surface area (Å²) in [5.41, 5.74) is 5.22. The number of aliphatic imine (C=N–C) groups is 1. The summed E-state index contributed by atoms with van der Waals surface area (Å²) >= 11 is 4.65. The van der Waals surface area contributed by atoms with Gasteiger partial charge < -0.3 is 0 Å². The Bertz CT molecular complexity index is 605. The Hall–Kier alpha value is -1.77. The van der Waals surface area contributed by atoms with Crippen LogP contribution in [0.1, 0.15) is 22.5 Å². The van der Waals surface area contributed by atoms with Crippen LogP contribution in [0.15, 0.2) is 29.3 Å². The average molecular weight is 257 g/mol. The van der Waals surface area contributed by atoms with Gasteiger partial charge >= 0.3 is 0 Å². The van der Waals surface area contributed by atoms with Gasteiger partial charge in [0.25, 0.3) is 0 Å². The van der Waals surface area contributed by atoms with E-state index >= 15 is 0 Å². The van der Waals surface area contributed by atoms with Crippen molar-refractivity contribution in [3.05, 3.63) is 46.8 Å². The fraction of sp³-hybridized carbons (Fsp3) is 0.286. The van der Waals surface area contributed by atoms with Crippen molar-refractivity contribution in [2.24, 2.45) is 4.99 Å². The number of rotatable bonds is 3. The van der Waals surface area contributed by atoms with E-state index in [0.717, 1.165) is 23.6 Å². The van der Waals surface area contributed by atoms with Gasteiger partial charge in [0.15, 0.2) is 0 Å². The Labute approximate surface area is 112 Å². The molecule has 18 heavy (non-hydrogen) atoms. The standard InChI is InChI=1S/C14H15N3S/c1-10-4-6-13(7-5-10)8-17-12(3)14(15-9-18)11(2)16-17/h4-7H,8H2,1-3H3. The van der Waals surface area contributed by atoms with Crippen LogP contribution in [0.3, 0.4) is 0 Å². The molecule has 0 bridgehead atoms. The smallest absolute Gasteiger partial charge is 0.118 e. The molecule has 0 spiro atoms. The molecule has 2 aromatic rings. The van der Waals surface area contributed by atoms with Crippen molar-refractivity contribution in [3.8, 4) is 0 Å². The number of isothiocyanates is 1. The molecule has 0 saturated heterocycles. The van der Waals surface area contributed by atoms with Crippen molar-refractivity contribution >= 4 is 23.1 Å². The molecule has 2 rings (SSSR count). The van der Waals surface area contributed by atoms with E-state index in [0.29, 0.717) is 0 Å². The number of hydrogen-bond acceptors (Lipinski definition) is 3. The molecule has 0 saturated carbocycles. The van der Waals surface area contributed by atoms with Gasteiger partial charge in [0.2, 0.25) is 0 Å². The van der Waals surface area contributed by atoms with E-state index in [-0.39, 0.29) is 0 Å². The second-order valence-electron chi connectivity index (χ2n) is 4.37. The zero-order valence-corrected chi connectivity index (χ0v) is 11.6. The van der Waals surface area contributed by atoms with Gasteiger partial charge in [-0.1, -0.05) is 29.8 Å². The average Bonchev–Trinajstić information content (AvgIpc) is 2.60. The van der Waals surface area contributed by atoms with Crippen molar-refractivity contribution in [2.75, 3.05) is 0 Å². The van der Waals surface area contributed by atoms with Gasteiger partial charge in [-0.3, -0.25) is 4.68 Å². The molecule has 0 atom stereocenters. The lowest BCUT2D eigenvalue weighted by Gasteiger charge is -2.05. The third-order valence-corrected chi connectivity index (χ3v) is 3.04. The zero-order chi connectivity index (χ0) is 13.1. The number of benzene rings is 1. The monoisotopic (exact) mass is 257 g/mol. The van der Waals surface area contributed by atoms with Crippen molar-refractivity contribution in [2.45, 2.75) is 27.3 Å². The molecule has 1 aromatic carbocycles. The van der Waals surface area contributed by atoms with Gasteiger partial charge in [0, 0.05) is 0 Å². The molecule has 1 aromatic heterocycles. The Kier molecular flexibility index (Phi) is 3.70. The van der Waals surface area contributed by atoms with E-state index < -0.39 is 0 Å². The van der Waals surface area contributed by atoms with Gasteiger partial charge in [-0.05, 0) is 38.6 Å². The zero-order valence-electron chi connectivity index (χ0n) is 10.8. The topological polar surface area (TPSA) is 30.2 Å². The van der Waals surface area contributed by atoms with E-state index in [1.807, 2.05) is 18.5 Å². The van der Waals surface area contributed by atoms with E-state index in [1.165, 1.54) is 11.1 Å². The molecule has 4 heteroatoms. The van der Waals surface area contributed by atoms with Crippen LogP contribution in [-0.2, 0) is 6.54 Å². The number of nitrogens with zero attached hydrogens (tertiary/aromatic N) is 3. The van der Waals surface area contributed by atoms with Crippen LogP contribution in [0.5, 0.6) is 0 Å². The van der Waals surface area contributed by atoms with Gasteiger partial charge in [-0.25, -0.2) is 0 Å². The summed E-state index contributed by atoms with van der Waals surface area (Å²) in [7, 11) is 0. The van der Waals surface area contributed by atoms with Crippen molar-refractivity contribution < 1.29 is 0 Å². The number of hydrogen-bond donors (Lipinski definition) is 0. The van der Waals surface area contributed by atoms with Gasteiger partial charge in [-0.15, -0.1) is 0 Å². The Morgan fingerprint density at radius 1 is 1.22 bits per heavy atom. The predicted octanol–water partition coefficient (Wildman–Crippen LogP) is 3.59.